The first-order valence-corrected chi connectivity index (χ1v) is 9.92. The molecule has 150 valence electrons. The molecule has 1 amide bonds. The molecule has 27 heavy (non-hydrogen) atoms. The van der Waals surface area contributed by atoms with Gasteiger partial charge in [-0.1, -0.05) is 43.2 Å². The third-order valence-corrected chi connectivity index (χ3v) is 4.99. The smallest absolute Gasteiger partial charge is 0.408 e. The summed E-state index contributed by atoms with van der Waals surface area (Å²) in [7, 11) is 0. The molecular weight excluding hydrogens is 342 g/mol. The third kappa shape index (κ3) is 6.56. The van der Waals surface area contributed by atoms with Gasteiger partial charge in [-0.25, -0.2) is 9.59 Å². The van der Waals surface area contributed by atoms with Gasteiger partial charge in [0.05, 0.1) is 0 Å². The first kappa shape index (κ1) is 21.3. The normalized spacial score (nSPS) is 18.4. The molecule has 0 heterocycles. The zero-order valence-electron chi connectivity index (χ0n) is 17.2. The average Bonchev–Trinajstić information content (AvgIpc) is 3.08. The van der Waals surface area contributed by atoms with E-state index in [1.165, 1.54) is 18.4 Å². The van der Waals surface area contributed by atoms with Gasteiger partial charge in [-0.15, -0.1) is 0 Å². The van der Waals surface area contributed by atoms with E-state index in [1.807, 2.05) is 25.1 Å². The van der Waals surface area contributed by atoms with Crippen LogP contribution in [0.4, 0.5) is 4.79 Å². The van der Waals surface area contributed by atoms with Crippen LogP contribution in [0.25, 0.3) is 0 Å². The van der Waals surface area contributed by atoms with Gasteiger partial charge in [0.15, 0.2) is 0 Å². The third-order valence-electron chi connectivity index (χ3n) is 4.99. The van der Waals surface area contributed by atoms with Crippen molar-refractivity contribution in [3.8, 4) is 0 Å². The number of amides is 1. The van der Waals surface area contributed by atoms with Crippen molar-refractivity contribution in [2.45, 2.75) is 84.0 Å². The van der Waals surface area contributed by atoms with Gasteiger partial charge in [-0.2, -0.15) is 0 Å². The molecule has 1 aliphatic carbocycles. The first-order chi connectivity index (χ1) is 12.7. The number of alkyl carbamates (subject to hydrolysis) is 1. The van der Waals surface area contributed by atoms with Crippen LogP contribution in [0.2, 0.25) is 0 Å². The Balaban J connectivity index is 2.00. The summed E-state index contributed by atoms with van der Waals surface area (Å²) < 4.78 is 11.0. The standard InChI is InChI=1S/C22H33NO4/c1-15(23-21(25)27-22(3,4)5)20(24)26-16(2)19(18-13-9-10-14-18)17-11-7-6-8-12-17/h6-8,11-12,15-16,18-19H,9-10,13-14H2,1-5H3,(H,23,25)/t15-,16-,19-/m0/s1. The van der Waals surface area contributed by atoms with Crippen molar-refractivity contribution in [1.82, 2.24) is 5.32 Å². The molecule has 5 heteroatoms. The molecule has 0 bridgehead atoms. The number of hydrogen-bond donors (Lipinski definition) is 1. The van der Waals surface area contributed by atoms with Crippen LogP contribution in [0.3, 0.4) is 0 Å². The van der Waals surface area contributed by atoms with Crippen LogP contribution < -0.4 is 5.32 Å². The van der Waals surface area contributed by atoms with E-state index in [4.69, 9.17) is 9.47 Å². The van der Waals surface area contributed by atoms with Crippen molar-refractivity contribution < 1.29 is 19.1 Å². The number of rotatable bonds is 6. The molecule has 0 radical (unpaired) electrons. The second-order valence-corrected chi connectivity index (χ2v) is 8.49. The van der Waals surface area contributed by atoms with Crippen LogP contribution in [0, 0.1) is 5.92 Å². The minimum atomic E-state index is -0.762. The highest BCUT2D eigenvalue weighted by atomic mass is 16.6. The highest BCUT2D eigenvalue weighted by Gasteiger charge is 2.33. The second-order valence-electron chi connectivity index (χ2n) is 8.49. The highest BCUT2D eigenvalue weighted by molar-refractivity contribution is 5.81. The van der Waals surface area contributed by atoms with E-state index >= 15 is 0 Å². The van der Waals surface area contributed by atoms with Crippen LogP contribution >= 0.6 is 0 Å². The van der Waals surface area contributed by atoms with Crippen LogP contribution in [0.5, 0.6) is 0 Å². The SMILES string of the molecule is C[C@H](NC(=O)OC(C)(C)C)C(=O)O[C@@H](C)[C@@H](c1ccccc1)C1CCCC1. The lowest BCUT2D eigenvalue weighted by molar-refractivity contribution is -0.152. The Bertz CT molecular complexity index is 617. The van der Waals surface area contributed by atoms with Crippen molar-refractivity contribution in [1.29, 1.82) is 0 Å². The van der Waals surface area contributed by atoms with E-state index in [-0.39, 0.29) is 12.0 Å². The lowest BCUT2D eigenvalue weighted by Gasteiger charge is -2.30. The van der Waals surface area contributed by atoms with Gasteiger partial charge in [0.25, 0.3) is 0 Å². The molecule has 0 unspecified atom stereocenters. The summed E-state index contributed by atoms with van der Waals surface area (Å²) in [5, 5.41) is 2.55. The molecule has 3 atom stereocenters. The predicted molar refractivity (Wildman–Crippen MR) is 106 cm³/mol. The fourth-order valence-corrected chi connectivity index (χ4v) is 3.82. The average molecular weight is 376 g/mol. The van der Waals surface area contributed by atoms with Gasteiger partial charge in [0, 0.05) is 5.92 Å². The number of esters is 1. The molecule has 1 aliphatic rings. The monoisotopic (exact) mass is 375 g/mol. The highest BCUT2D eigenvalue weighted by Crippen LogP contribution is 2.40. The first-order valence-electron chi connectivity index (χ1n) is 9.92. The summed E-state index contributed by atoms with van der Waals surface area (Å²) >= 11 is 0. The summed E-state index contributed by atoms with van der Waals surface area (Å²) in [6.07, 6.45) is 3.90. The number of hydrogen-bond acceptors (Lipinski definition) is 4. The molecule has 1 aromatic rings. The fraction of sp³-hybridized carbons (Fsp3) is 0.636. The minimum absolute atomic E-state index is 0.173. The topological polar surface area (TPSA) is 64.6 Å². The van der Waals surface area contributed by atoms with Gasteiger partial charge < -0.3 is 14.8 Å². The van der Waals surface area contributed by atoms with Gasteiger partial charge >= 0.3 is 12.1 Å². The zero-order chi connectivity index (χ0) is 20.0. The van der Waals surface area contributed by atoms with E-state index in [0.29, 0.717) is 5.92 Å². The minimum Gasteiger partial charge on any atom is -0.460 e. The van der Waals surface area contributed by atoms with Crippen LogP contribution in [0.1, 0.15) is 71.8 Å². The Hall–Kier alpha value is -2.04. The molecule has 1 aromatic carbocycles. The number of carbonyl (C=O) groups is 2. The van der Waals surface area contributed by atoms with Crippen LogP contribution in [-0.4, -0.2) is 29.8 Å². The number of nitrogens with one attached hydrogen (secondary N) is 1. The molecule has 1 N–H and O–H groups in total. The van der Waals surface area contributed by atoms with Crippen molar-refractivity contribution in [3.05, 3.63) is 35.9 Å². The number of ether oxygens (including phenoxy) is 2. The van der Waals surface area contributed by atoms with Crippen molar-refractivity contribution in [2.24, 2.45) is 5.92 Å². The Morgan fingerprint density at radius 2 is 1.67 bits per heavy atom. The second kappa shape index (κ2) is 9.25. The molecule has 1 saturated carbocycles. The summed E-state index contributed by atoms with van der Waals surface area (Å²) in [6, 6.07) is 9.50. The van der Waals surface area contributed by atoms with Crippen molar-refractivity contribution >= 4 is 12.1 Å². The van der Waals surface area contributed by atoms with Crippen molar-refractivity contribution in [3.63, 3.8) is 0 Å². The molecule has 0 saturated heterocycles. The summed E-state index contributed by atoms with van der Waals surface area (Å²) in [5.41, 5.74) is 0.597. The maximum Gasteiger partial charge on any atom is 0.408 e. The van der Waals surface area contributed by atoms with Gasteiger partial charge in [0.1, 0.15) is 17.7 Å². The van der Waals surface area contributed by atoms with Crippen molar-refractivity contribution in [2.75, 3.05) is 0 Å². The molecule has 0 spiro atoms. The lowest BCUT2D eigenvalue weighted by atomic mass is 9.81. The Kier molecular flexibility index (Phi) is 7.28. The molecule has 0 aliphatic heterocycles. The molecule has 0 aromatic heterocycles. The molecule has 5 nitrogen and oxygen atoms in total. The Morgan fingerprint density at radius 1 is 1.07 bits per heavy atom. The zero-order valence-corrected chi connectivity index (χ0v) is 17.2. The molecular formula is C22H33NO4. The fourth-order valence-electron chi connectivity index (χ4n) is 3.82. The van der Waals surface area contributed by atoms with Gasteiger partial charge in [-0.3, -0.25) is 0 Å². The number of carbonyl (C=O) groups excluding carboxylic acids is 2. The maximum atomic E-state index is 12.5. The largest absolute Gasteiger partial charge is 0.460 e. The summed E-state index contributed by atoms with van der Waals surface area (Å²) in [4.78, 5) is 24.4. The maximum absolute atomic E-state index is 12.5. The summed E-state index contributed by atoms with van der Waals surface area (Å²) in [5.74, 6) is 0.253. The van der Waals surface area contributed by atoms with E-state index in [9.17, 15) is 9.59 Å². The van der Waals surface area contributed by atoms with E-state index in [0.717, 1.165) is 12.8 Å². The lowest BCUT2D eigenvalue weighted by Crippen LogP contribution is -2.43. The quantitative estimate of drug-likeness (QED) is 0.725. The number of benzene rings is 1. The van der Waals surface area contributed by atoms with E-state index < -0.39 is 23.7 Å². The Labute approximate surface area is 162 Å². The summed E-state index contributed by atoms with van der Waals surface area (Å²) in [6.45, 7) is 8.91. The van der Waals surface area contributed by atoms with Crippen LogP contribution in [-0.2, 0) is 14.3 Å². The van der Waals surface area contributed by atoms with E-state index in [1.54, 1.807) is 27.7 Å². The van der Waals surface area contributed by atoms with Crippen LogP contribution in [0.15, 0.2) is 30.3 Å². The Morgan fingerprint density at radius 3 is 2.22 bits per heavy atom. The van der Waals surface area contributed by atoms with Gasteiger partial charge in [0.2, 0.25) is 0 Å². The predicted octanol–water partition coefficient (Wildman–Crippen LogP) is 4.81. The van der Waals surface area contributed by atoms with E-state index in [2.05, 4.69) is 17.4 Å². The molecule has 2 rings (SSSR count). The molecule has 1 fully saturated rings. The van der Waals surface area contributed by atoms with Gasteiger partial charge in [-0.05, 0) is 58.9 Å².